The number of benzene rings is 1. The monoisotopic (exact) mass is 433 g/mol. The van der Waals surface area contributed by atoms with Crippen molar-refractivity contribution in [2.75, 3.05) is 45.8 Å². The van der Waals surface area contributed by atoms with Gasteiger partial charge in [0.1, 0.15) is 5.82 Å². The lowest BCUT2D eigenvalue weighted by Gasteiger charge is -2.36. The molecule has 0 aliphatic carbocycles. The first-order valence-corrected chi connectivity index (χ1v) is 11.2. The number of furan rings is 1. The molecule has 1 saturated heterocycles. The van der Waals surface area contributed by atoms with Crippen LogP contribution < -0.4 is 5.32 Å². The molecule has 1 fully saturated rings. The Kier molecular flexibility index (Phi) is 7.70. The van der Waals surface area contributed by atoms with Gasteiger partial charge in [-0.2, -0.15) is 5.10 Å². The van der Waals surface area contributed by atoms with Crippen molar-refractivity contribution in [2.24, 2.45) is 4.99 Å². The van der Waals surface area contributed by atoms with Crippen molar-refractivity contribution in [3.63, 3.8) is 0 Å². The van der Waals surface area contributed by atoms with Crippen molar-refractivity contribution in [2.45, 2.75) is 13.3 Å². The largest absolute Gasteiger partial charge is 0.461 e. The Morgan fingerprint density at radius 2 is 2.00 bits per heavy atom. The second-order valence-corrected chi connectivity index (χ2v) is 7.67. The highest BCUT2D eigenvalue weighted by Gasteiger charge is 2.18. The Hall–Kier alpha value is -3.39. The van der Waals surface area contributed by atoms with Gasteiger partial charge in [0, 0.05) is 52.2 Å². The summed E-state index contributed by atoms with van der Waals surface area (Å²) in [6.07, 6.45) is 6.77. The highest BCUT2D eigenvalue weighted by Crippen LogP contribution is 2.14. The van der Waals surface area contributed by atoms with Crippen LogP contribution in [0, 0.1) is 0 Å². The third kappa shape index (κ3) is 6.07. The van der Waals surface area contributed by atoms with E-state index in [9.17, 15) is 0 Å². The first-order valence-electron chi connectivity index (χ1n) is 11.2. The highest BCUT2D eigenvalue weighted by molar-refractivity contribution is 5.80. The summed E-state index contributed by atoms with van der Waals surface area (Å²) in [5.74, 6) is 3.03. The molecule has 4 rings (SSSR count). The summed E-state index contributed by atoms with van der Waals surface area (Å²) in [6, 6.07) is 14.1. The summed E-state index contributed by atoms with van der Waals surface area (Å²) < 4.78 is 5.35. The third-order valence-electron chi connectivity index (χ3n) is 5.36. The molecule has 3 aromatic rings. The molecule has 2 N–H and O–H groups in total. The number of rotatable bonds is 8. The standard InChI is InChI=1S/C24H31N7O/c1-2-25-24(26-13-12-22-27-23(29-28-22)21-11-7-19-32-21)31-17-15-30(16-18-31)14-6-10-20-8-4-3-5-9-20/h3-11,19H,2,12-18H2,1H3,(H,25,26)(H,27,28,29)/b10-6+. The van der Waals surface area contributed by atoms with E-state index < -0.39 is 0 Å². The summed E-state index contributed by atoms with van der Waals surface area (Å²) in [5, 5.41) is 10.6. The molecule has 1 aromatic carbocycles. The van der Waals surface area contributed by atoms with E-state index in [1.807, 2.05) is 18.2 Å². The Morgan fingerprint density at radius 1 is 1.16 bits per heavy atom. The number of guanidine groups is 1. The molecule has 8 heteroatoms. The Bertz CT molecular complexity index is 987. The average Bonchev–Trinajstić information content (AvgIpc) is 3.52. The maximum atomic E-state index is 5.35. The second-order valence-electron chi connectivity index (χ2n) is 7.67. The second kappa shape index (κ2) is 11.3. The lowest BCUT2D eigenvalue weighted by molar-refractivity contribution is 0.194. The van der Waals surface area contributed by atoms with E-state index in [0.29, 0.717) is 24.6 Å². The van der Waals surface area contributed by atoms with E-state index in [-0.39, 0.29) is 0 Å². The number of H-pyrrole nitrogens is 1. The third-order valence-corrected chi connectivity index (χ3v) is 5.36. The van der Waals surface area contributed by atoms with Gasteiger partial charge in [-0.3, -0.25) is 15.0 Å². The fourth-order valence-electron chi connectivity index (χ4n) is 3.66. The molecule has 0 spiro atoms. The van der Waals surface area contributed by atoms with Crippen LogP contribution in [-0.2, 0) is 6.42 Å². The van der Waals surface area contributed by atoms with E-state index in [2.05, 4.69) is 73.6 Å². The lowest BCUT2D eigenvalue weighted by Crippen LogP contribution is -2.52. The normalized spacial score (nSPS) is 15.5. The molecule has 2 aromatic heterocycles. The van der Waals surface area contributed by atoms with E-state index in [1.165, 1.54) is 5.56 Å². The molecule has 0 atom stereocenters. The topological polar surface area (TPSA) is 85.6 Å². The first kappa shape index (κ1) is 21.8. The molecule has 32 heavy (non-hydrogen) atoms. The number of nitrogens with one attached hydrogen (secondary N) is 2. The molecular formula is C24H31N7O. The highest BCUT2D eigenvalue weighted by atomic mass is 16.3. The Balaban J connectivity index is 1.25. The number of piperazine rings is 1. The van der Waals surface area contributed by atoms with Gasteiger partial charge in [0.25, 0.3) is 0 Å². The molecule has 1 aliphatic rings. The molecule has 0 saturated carbocycles. The van der Waals surface area contributed by atoms with Gasteiger partial charge in [0.2, 0.25) is 5.82 Å². The van der Waals surface area contributed by atoms with Crippen molar-refractivity contribution >= 4 is 12.0 Å². The number of aromatic nitrogens is 3. The smallest absolute Gasteiger partial charge is 0.216 e. The van der Waals surface area contributed by atoms with Crippen LogP contribution in [0.4, 0.5) is 0 Å². The first-order chi connectivity index (χ1) is 15.8. The van der Waals surface area contributed by atoms with Crippen LogP contribution in [0.1, 0.15) is 18.3 Å². The zero-order valence-electron chi connectivity index (χ0n) is 18.6. The van der Waals surface area contributed by atoms with E-state index in [0.717, 1.165) is 51.1 Å². The van der Waals surface area contributed by atoms with E-state index >= 15 is 0 Å². The average molecular weight is 434 g/mol. The van der Waals surface area contributed by atoms with Crippen molar-refractivity contribution < 1.29 is 4.42 Å². The van der Waals surface area contributed by atoms with Gasteiger partial charge < -0.3 is 14.6 Å². The molecule has 0 unspecified atom stereocenters. The fraction of sp³-hybridized carbons (Fsp3) is 0.375. The Labute approximate surface area is 189 Å². The van der Waals surface area contributed by atoms with Crippen LogP contribution >= 0.6 is 0 Å². The quantitative estimate of drug-likeness (QED) is 0.420. The number of aliphatic imine (C=N–C) groups is 1. The lowest BCUT2D eigenvalue weighted by atomic mass is 10.2. The summed E-state index contributed by atoms with van der Waals surface area (Å²) in [6.45, 7) is 8.56. The number of hydrogen-bond acceptors (Lipinski definition) is 5. The van der Waals surface area contributed by atoms with Gasteiger partial charge in [-0.15, -0.1) is 0 Å². The van der Waals surface area contributed by atoms with Gasteiger partial charge in [-0.25, -0.2) is 4.98 Å². The fourth-order valence-corrected chi connectivity index (χ4v) is 3.66. The maximum Gasteiger partial charge on any atom is 0.216 e. The molecule has 8 nitrogen and oxygen atoms in total. The summed E-state index contributed by atoms with van der Waals surface area (Å²) in [7, 11) is 0. The van der Waals surface area contributed by atoms with E-state index in [4.69, 9.17) is 9.41 Å². The molecule has 0 bridgehead atoms. The SMILES string of the molecule is CCNC(=NCCc1nc(-c2ccco2)n[nH]1)N1CCN(C/C=C/c2ccccc2)CC1. The predicted octanol–water partition coefficient (Wildman–Crippen LogP) is 2.90. The van der Waals surface area contributed by atoms with Gasteiger partial charge in [0.15, 0.2) is 11.7 Å². The van der Waals surface area contributed by atoms with Crippen LogP contribution in [0.25, 0.3) is 17.7 Å². The minimum absolute atomic E-state index is 0.582. The van der Waals surface area contributed by atoms with Crippen LogP contribution in [0.3, 0.4) is 0 Å². The minimum atomic E-state index is 0.582. The van der Waals surface area contributed by atoms with Gasteiger partial charge in [-0.05, 0) is 24.6 Å². The van der Waals surface area contributed by atoms with Crippen molar-refractivity contribution in [3.05, 3.63) is 66.2 Å². The molecule has 1 aliphatic heterocycles. The van der Waals surface area contributed by atoms with Crippen LogP contribution in [0.2, 0.25) is 0 Å². The minimum Gasteiger partial charge on any atom is -0.461 e. The Morgan fingerprint density at radius 3 is 2.75 bits per heavy atom. The van der Waals surface area contributed by atoms with Gasteiger partial charge in [0.05, 0.1) is 6.26 Å². The number of nitrogens with zero attached hydrogens (tertiary/aromatic N) is 5. The molecule has 168 valence electrons. The number of aromatic amines is 1. The summed E-state index contributed by atoms with van der Waals surface area (Å²) >= 11 is 0. The number of hydrogen-bond donors (Lipinski definition) is 2. The van der Waals surface area contributed by atoms with E-state index in [1.54, 1.807) is 6.26 Å². The van der Waals surface area contributed by atoms with Crippen molar-refractivity contribution in [1.29, 1.82) is 0 Å². The van der Waals surface area contributed by atoms with Gasteiger partial charge in [-0.1, -0.05) is 42.5 Å². The summed E-state index contributed by atoms with van der Waals surface area (Å²) in [4.78, 5) is 14.1. The summed E-state index contributed by atoms with van der Waals surface area (Å²) in [5.41, 5.74) is 1.25. The van der Waals surface area contributed by atoms with Gasteiger partial charge >= 0.3 is 0 Å². The van der Waals surface area contributed by atoms with Crippen molar-refractivity contribution in [1.82, 2.24) is 30.3 Å². The zero-order chi connectivity index (χ0) is 22.0. The molecule has 0 radical (unpaired) electrons. The zero-order valence-corrected chi connectivity index (χ0v) is 18.6. The molecular weight excluding hydrogens is 402 g/mol. The predicted molar refractivity (Wildman–Crippen MR) is 127 cm³/mol. The van der Waals surface area contributed by atoms with Crippen molar-refractivity contribution in [3.8, 4) is 11.6 Å². The van der Waals surface area contributed by atoms with Crippen LogP contribution in [0.15, 0.2) is 64.2 Å². The maximum absolute atomic E-state index is 5.35. The molecule has 3 heterocycles. The molecule has 0 amide bonds. The van der Waals surface area contributed by atoms with Crippen LogP contribution in [0.5, 0.6) is 0 Å². The van der Waals surface area contributed by atoms with Crippen LogP contribution in [-0.4, -0.2) is 76.8 Å².